The number of hydrogen-bond acceptors (Lipinski definition) is 5. The third-order valence-electron chi connectivity index (χ3n) is 7.35. The van der Waals surface area contributed by atoms with Gasteiger partial charge in [0, 0.05) is 28.7 Å². The van der Waals surface area contributed by atoms with E-state index >= 15 is 0 Å². The fourth-order valence-corrected chi connectivity index (χ4v) is 5.19. The van der Waals surface area contributed by atoms with Gasteiger partial charge in [-0.2, -0.15) is 10.2 Å². The van der Waals surface area contributed by atoms with E-state index in [9.17, 15) is 4.39 Å². The molecule has 1 aromatic carbocycles. The van der Waals surface area contributed by atoms with E-state index in [0.29, 0.717) is 22.7 Å². The summed E-state index contributed by atoms with van der Waals surface area (Å²) in [5, 5.41) is 15.9. The number of aryl methyl sites for hydroxylation is 1. The molecule has 9 heteroatoms. The summed E-state index contributed by atoms with van der Waals surface area (Å²) in [6.45, 7) is 9.64. The standard InChI is InChI=1S/C30H31FN8/c1-19(23-17-33-34-18-23)7-8-25-20(2)27(38-37-25)30-35-26-9-10-32-28(29(26)36-30)22-14-21(15-24(31)16-22)6-5-13-39-11-3-4-12-39/h7-10,14-18,37H,2-6,11-13H2,1H3,(H,33,34)(H,35,36)/b19-7+,25-8+. The van der Waals surface area contributed by atoms with Crippen molar-refractivity contribution in [2.75, 3.05) is 19.6 Å². The quantitative estimate of drug-likeness (QED) is 0.284. The summed E-state index contributed by atoms with van der Waals surface area (Å²) in [6.07, 6.45) is 13.7. The third kappa shape index (κ3) is 5.31. The van der Waals surface area contributed by atoms with Crippen molar-refractivity contribution in [2.45, 2.75) is 32.6 Å². The first-order chi connectivity index (χ1) is 19.0. The molecule has 1 fully saturated rings. The molecule has 0 saturated carbocycles. The van der Waals surface area contributed by atoms with Crippen molar-refractivity contribution in [3.8, 4) is 22.8 Å². The Kier molecular flexibility index (Phi) is 6.89. The molecule has 198 valence electrons. The minimum atomic E-state index is -0.260. The topological polar surface area (TPSA) is 102 Å². The molecule has 0 amide bonds. The molecule has 0 spiro atoms. The molecule has 4 aromatic heterocycles. The Balaban J connectivity index is 1.29. The van der Waals surface area contributed by atoms with E-state index in [2.05, 4.69) is 41.8 Å². The van der Waals surface area contributed by atoms with E-state index in [1.807, 2.05) is 37.4 Å². The Morgan fingerprint density at radius 1 is 1.18 bits per heavy atom. The molecule has 0 bridgehead atoms. The molecule has 6 rings (SSSR count). The molecule has 0 aliphatic carbocycles. The Morgan fingerprint density at radius 3 is 2.87 bits per heavy atom. The van der Waals surface area contributed by atoms with Gasteiger partial charge in [0.25, 0.3) is 0 Å². The van der Waals surface area contributed by atoms with Crippen LogP contribution in [-0.4, -0.2) is 59.9 Å². The number of benzene rings is 1. The largest absolute Gasteiger partial charge is 0.336 e. The van der Waals surface area contributed by atoms with E-state index in [0.717, 1.165) is 57.7 Å². The van der Waals surface area contributed by atoms with Crippen molar-refractivity contribution in [1.29, 1.82) is 0 Å². The van der Waals surface area contributed by atoms with Gasteiger partial charge in [0.05, 0.1) is 22.8 Å². The normalized spacial score (nSPS) is 15.1. The van der Waals surface area contributed by atoms with Crippen molar-refractivity contribution in [3.05, 3.63) is 76.4 Å². The molecular weight excluding hydrogens is 491 g/mol. The van der Waals surface area contributed by atoms with E-state index in [-0.39, 0.29) is 5.82 Å². The lowest BCUT2D eigenvalue weighted by molar-refractivity contribution is 0.334. The Hall–Kier alpha value is -4.37. The van der Waals surface area contributed by atoms with Crippen LogP contribution in [-0.2, 0) is 6.42 Å². The molecule has 1 saturated heterocycles. The first-order valence-corrected chi connectivity index (χ1v) is 13.3. The first-order valence-electron chi connectivity index (χ1n) is 13.3. The SMILES string of the molecule is C=c1c(-c2nc3c(-c4cc(F)cc(CCCN5CCCC5)c4)nccc3[nH]2)n[nH]/c1=C/C=C(\C)c1cn[nH]c1. The number of hydrogen-bond donors (Lipinski definition) is 3. The van der Waals surface area contributed by atoms with Gasteiger partial charge in [0.15, 0.2) is 5.82 Å². The maximum Gasteiger partial charge on any atom is 0.159 e. The Bertz CT molecular complexity index is 1740. The number of H-pyrrole nitrogens is 3. The molecule has 0 atom stereocenters. The van der Waals surface area contributed by atoms with Gasteiger partial charge in [0.1, 0.15) is 17.0 Å². The zero-order valence-electron chi connectivity index (χ0n) is 22.0. The maximum absolute atomic E-state index is 14.7. The van der Waals surface area contributed by atoms with Crippen LogP contribution in [0.25, 0.3) is 52.0 Å². The molecule has 1 aliphatic rings. The summed E-state index contributed by atoms with van der Waals surface area (Å²) >= 11 is 0. The smallest absolute Gasteiger partial charge is 0.159 e. The van der Waals surface area contributed by atoms with Gasteiger partial charge in [-0.1, -0.05) is 12.7 Å². The number of likely N-dealkylation sites (tertiary alicyclic amines) is 1. The average Bonchev–Trinajstić information content (AvgIpc) is 3.74. The van der Waals surface area contributed by atoms with E-state index in [1.54, 1.807) is 18.5 Å². The summed E-state index contributed by atoms with van der Waals surface area (Å²) < 4.78 is 14.7. The molecule has 8 nitrogen and oxygen atoms in total. The maximum atomic E-state index is 14.7. The number of allylic oxidation sites excluding steroid dienone is 2. The number of aromatic amines is 3. The van der Waals surface area contributed by atoms with Crippen LogP contribution in [0.15, 0.2) is 48.9 Å². The molecule has 39 heavy (non-hydrogen) atoms. The zero-order chi connectivity index (χ0) is 26.8. The molecule has 3 N–H and O–H groups in total. The van der Waals surface area contributed by atoms with Crippen molar-refractivity contribution in [2.24, 2.45) is 0 Å². The highest BCUT2D eigenvalue weighted by atomic mass is 19.1. The number of nitrogens with one attached hydrogen (secondary N) is 3. The highest BCUT2D eigenvalue weighted by molar-refractivity contribution is 5.91. The number of pyridine rings is 1. The van der Waals surface area contributed by atoms with Crippen LogP contribution in [0.1, 0.15) is 37.3 Å². The summed E-state index contributed by atoms with van der Waals surface area (Å²) in [4.78, 5) is 15.2. The van der Waals surface area contributed by atoms with Crippen molar-refractivity contribution >= 4 is 29.3 Å². The van der Waals surface area contributed by atoms with Crippen LogP contribution in [0.2, 0.25) is 0 Å². The summed E-state index contributed by atoms with van der Waals surface area (Å²) in [7, 11) is 0. The van der Waals surface area contributed by atoms with Gasteiger partial charge >= 0.3 is 0 Å². The second-order valence-corrected chi connectivity index (χ2v) is 10.1. The predicted octanol–water partition coefficient (Wildman–Crippen LogP) is 4.20. The number of imidazole rings is 1. The van der Waals surface area contributed by atoms with E-state index in [1.165, 1.54) is 32.0 Å². The molecule has 0 radical (unpaired) electrons. The van der Waals surface area contributed by atoms with Crippen LogP contribution in [0.3, 0.4) is 0 Å². The van der Waals surface area contributed by atoms with Crippen molar-refractivity contribution in [1.82, 2.24) is 40.2 Å². The van der Waals surface area contributed by atoms with Crippen LogP contribution in [0, 0.1) is 5.82 Å². The second-order valence-electron chi connectivity index (χ2n) is 10.1. The second kappa shape index (κ2) is 10.8. The fourth-order valence-electron chi connectivity index (χ4n) is 5.19. The lowest BCUT2D eigenvalue weighted by Crippen LogP contribution is -2.21. The third-order valence-corrected chi connectivity index (χ3v) is 7.35. The lowest BCUT2D eigenvalue weighted by Gasteiger charge is -2.14. The lowest BCUT2D eigenvalue weighted by atomic mass is 10.0. The van der Waals surface area contributed by atoms with Crippen LogP contribution in [0.5, 0.6) is 0 Å². The monoisotopic (exact) mass is 522 g/mol. The number of aromatic nitrogens is 7. The van der Waals surface area contributed by atoms with Gasteiger partial charge in [0.2, 0.25) is 0 Å². The Morgan fingerprint density at radius 2 is 2.05 bits per heavy atom. The van der Waals surface area contributed by atoms with Gasteiger partial charge in [-0.3, -0.25) is 15.2 Å². The van der Waals surface area contributed by atoms with Crippen LogP contribution in [0.4, 0.5) is 4.39 Å². The summed E-state index contributed by atoms with van der Waals surface area (Å²) in [6, 6.07) is 7.06. The molecule has 0 unspecified atom stereocenters. The molecule has 5 aromatic rings. The van der Waals surface area contributed by atoms with Gasteiger partial charge in [-0.25, -0.2) is 9.37 Å². The fraction of sp³-hybridized carbons (Fsp3) is 0.267. The van der Waals surface area contributed by atoms with Crippen LogP contribution < -0.4 is 10.6 Å². The highest BCUT2D eigenvalue weighted by Crippen LogP contribution is 2.28. The van der Waals surface area contributed by atoms with Gasteiger partial charge < -0.3 is 9.88 Å². The van der Waals surface area contributed by atoms with Gasteiger partial charge in [-0.05, 0) is 93.7 Å². The molecule has 1 aliphatic heterocycles. The Labute approximate surface area is 225 Å². The summed E-state index contributed by atoms with van der Waals surface area (Å²) in [5.74, 6) is 0.322. The van der Waals surface area contributed by atoms with Crippen LogP contribution >= 0.6 is 0 Å². The minimum absolute atomic E-state index is 0.260. The summed E-state index contributed by atoms with van der Waals surface area (Å²) in [5.41, 5.74) is 6.51. The number of nitrogens with zero attached hydrogens (tertiary/aromatic N) is 5. The predicted molar refractivity (Wildman–Crippen MR) is 152 cm³/mol. The van der Waals surface area contributed by atoms with E-state index in [4.69, 9.17) is 4.98 Å². The number of fused-ring (bicyclic) bond motifs is 1. The molecule has 5 heterocycles. The average molecular weight is 523 g/mol. The molecular formula is C30H31FN8. The number of halogens is 1. The number of rotatable bonds is 8. The van der Waals surface area contributed by atoms with Crippen molar-refractivity contribution < 1.29 is 4.39 Å². The highest BCUT2D eigenvalue weighted by Gasteiger charge is 2.16. The van der Waals surface area contributed by atoms with Crippen molar-refractivity contribution in [3.63, 3.8) is 0 Å². The first kappa shape index (κ1) is 24.9. The van der Waals surface area contributed by atoms with E-state index < -0.39 is 0 Å². The zero-order valence-corrected chi connectivity index (χ0v) is 22.0. The van der Waals surface area contributed by atoms with Gasteiger partial charge in [-0.15, -0.1) is 0 Å². The minimum Gasteiger partial charge on any atom is -0.336 e.